The van der Waals surface area contributed by atoms with E-state index in [-0.39, 0.29) is 6.29 Å². The zero-order valence-corrected chi connectivity index (χ0v) is 10.9. The van der Waals surface area contributed by atoms with Crippen molar-refractivity contribution in [1.82, 2.24) is 0 Å². The summed E-state index contributed by atoms with van der Waals surface area (Å²) in [6.07, 6.45) is -0.0370. The van der Waals surface area contributed by atoms with Gasteiger partial charge in [-0.1, -0.05) is 0 Å². The molecule has 0 aliphatic rings. The molecular formula is C11H26O6. The molecule has 0 radical (unpaired) electrons. The Morgan fingerprint density at radius 1 is 0.824 bits per heavy atom. The molecule has 17 heavy (non-hydrogen) atoms. The van der Waals surface area contributed by atoms with Crippen molar-refractivity contribution in [1.29, 1.82) is 0 Å². The molecule has 0 spiro atoms. The van der Waals surface area contributed by atoms with Crippen molar-refractivity contribution in [2.24, 2.45) is 5.41 Å². The molecule has 0 aromatic rings. The Hall–Kier alpha value is -0.240. The summed E-state index contributed by atoms with van der Waals surface area (Å²) in [5, 5.41) is 34.0. The minimum absolute atomic E-state index is 0.0370. The first kappa shape index (κ1) is 19.1. The topological polar surface area (TPSA) is 99.4 Å². The van der Waals surface area contributed by atoms with Crippen LogP contribution in [0.4, 0.5) is 0 Å². The van der Waals surface area contributed by atoms with Crippen LogP contribution in [0.1, 0.15) is 20.8 Å². The van der Waals surface area contributed by atoms with E-state index in [0.717, 1.165) is 13.2 Å². The second-order valence-electron chi connectivity index (χ2n) is 3.61. The van der Waals surface area contributed by atoms with Crippen LogP contribution in [-0.2, 0) is 9.47 Å². The number of rotatable bonds is 8. The van der Waals surface area contributed by atoms with Crippen LogP contribution in [0.2, 0.25) is 0 Å². The third kappa shape index (κ3) is 9.46. The predicted molar refractivity (Wildman–Crippen MR) is 63.5 cm³/mol. The van der Waals surface area contributed by atoms with Crippen LogP contribution in [0.25, 0.3) is 0 Å². The van der Waals surface area contributed by atoms with Crippen molar-refractivity contribution < 1.29 is 29.9 Å². The molecule has 0 aromatic heterocycles. The summed E-state index contributed by atoms with van der Waals surface area (Å²) in [5.74, 6) is 0. The van der Waals surface area contributed by atoms with Crippen LogP contribution in [0.5, 0.6) is 0 Å². The van der Waals surface area contributed by atoms with E-state index in [0.29, 0.717) is 0 Å². The number of aliphatic hydroxyl groups is 4. The van der Waals surface area contributed by atoms with Gasteiger partial charge in [-0.05, 0) is 20.8 Å². The Morgan fingerprint density at radius 3 is 1.24 bits per heavy atom. The molecule has 0 heterocycles. The molecule has 0 aliphatic carbocycles. The van der Waals surface area contributed by atoms with Gasteiger partial charge >= 0.3 is 0 Å². The molecule has 0 saturated carbocycles. The molecule has 6 heteroatoms. The van der Waals surface area contributed by atoms with E-state index in [1.165, 1.54) is 0 Å². The van der Waals surface area contributed by atoms with Gasteiger partial charge in [0.1, 0.15) is 0 Å². The van der Waals surface area contributed by atoms with Crippen LogP contribution in [0, 0.1) is 5.41 Å². The van der Waals surface area contributed by atoms with E-state index >= 15 is 0 Å². The van der Waals surface area contributed by atoms with Gasteiger partial charge in [0.15, 0.2) is 6.29 Å². The number of hydrogen-bond acceptors (Lipinski definition) is 6. The molecule has 0 amide bonds. The van der Waals surface area contributed by atoms with Crippen LogP contribution < -0.4 is 0 Å². The van der Waals surface area contributed by atoms with E-state index in [4.69, 9.17) is 29.9 Å². The highest BCUT2D eigenvalue weighted by Crippen LogP contribution is 2.11. The second-order valence-corrected chi connectivity index (χ2v) is 3.61. The van der Waals surface area contributed by atoms with Crippen molar-refractivity contribution in [2.45, 2.75) is 27.1 Å². The lowest BCUT2D eigenvalue weighted by molar-refractivity contribution is -0.123. The van der Waals surface area contributed by atoms with Crippen molar-refractivity contribution in [2.75, 3.05) is 39.6 Å². The molecule has 0 atom stereocenters. The summed E-state index contributed by atoms with van der Waals surface area (Å²) in [6.45, 7) is 5.63. The summed E-state index contributed by atoms with van der Waals surface area (Å²) in [7, 11) is 0. The van der Waals surface area contributed by atoms with Crippen molar-refractivity contribution >= 4 is 0 Å². The highest BCUT2D eigenvalue weighted by Gasteiger charge is 2.26. The third-order valence-electron chi connectivity index (χ3n) is 2.14. The standard InChI is InChI=1S/C6H14O2.C5H12O4/c1-4-7-6(3)8-5-2;6-1-5(2-7,3-8)4-9/h6H,4-5H2,1-3H3;6-9H,1-4H2. The molecule has 106 valence electrons. The maximum atomic E-state index is 8.50. The van der Waals surface area contributed by atoms with Gasteiger partial charge in [0.25, 0.3) is 0 Å². The summed E-state index contributed by atoms with van der Waals surface area (Å²) in [6, 6.07) is 0. The second kappa shape index (κ2) is 12.2. The Morgan fingerprint density at radius 2 is 1.12 bits per heavy atom. The molecular weight excluding hydrogens is 228 g/mol. The Bertz CT molecular complexity index is 125. The summed E-state index contributed by atoms with van der Waals surface area (Å²) >= 11 is 0. The van der Waals surface area contributed by atoms with E-state index in [1.54, 1.807) is 0 Å². The highest BCUT2D eigenvalue weighted by molar-refractivity contribution is 4.74. The smallest absolute Gasteiger partial charge is 0.154 e. The molecule has 4 N–H and O–H groups in total. The SMILES string of the molecule is CCOC(C)OCC.OCC(CO)(CO)CO. The van der Waals surface area contributed by atoms with Gasteiger partial charge in [-0.3, -0.25) is 0 Å². The minimum atomic E-state index is -1.11. The summed E-state index contributed by atoms with van der Waals surface area (Å²) in [4.78, 5) is 0. The van der Waals surface area contributed by atoms with Crippen molar-refractivity contribution in [3.8, 4) is 0 Å². The molecule has 0 aromatic carbocycles. The van der Waals surface area contributed by atoms with Crippen LogP contribution in [0.3, 0.4) is 0 Å². The van der Waals surface area contributed by atoms with Crippen LogP contribution in [-0.4, -0.2) is 66.4 Å². The van der Waals surface area contributed by atoms with Crippen molar-refractivity contribution in [3.63, 3.8) is 0 Å². The maximum absolute atomic E-state index is 8.50. The first-order valence-corrected chi connectivity index (χ1v) is 5.72. The Kier molecular flexibility index (Phi) is 13.7. The average Bonchev–Trinajstić information content (AvgIpc) is 2.34. The molecule has 0 bridgehead atoms. The zero-order chi connectivity index (χ0) is 13.7. The zero-order valence-electron chi connectivity index (χ0n) is 10.9. The molecule has 6 nitrogen and oxygen atoms in total. The van der Waals surface area contributed by atoms with Crippen LogP contribution in [0.15, 0.2) is 0 Å². The van der Waals surface area contributed by atoms with Gasteiger partial charge in [0.05, 0.1) is 31.8 Å². The monoisotopic (exact) mass is 254 g/mol. The van der Waals surface area contributed by atoms with E-state index in [1.807, 2.05) is 20.8 Å². The fourth-order valence-electron chi connectivity index (χ4n) is 0.818. The summed E-state index contributed by atoms with van der Waals surface area (Å²) < 4.78 is 10.1. The summed E-state index contributed by atoms with van der Waals surface area (Å²) in [5.41, 5.74) is -1.11. The van der Waals surface area contributed by atoms with Gasteiger partial charge in [-0.25, -0.2) is 0 Å². The predicted octanol–water partition coefficient (Wildman–Crippen LogP) is -0.653. The maximum Gasteiger partial charge on any atom is 0.154 e. The molecule has 0 saturated heterocycles. The number of hydrogen-bond donors (Lipinski definition) is 4. The highest BCUT2D eigenvalue weighted by atomic mass is 16.7. The Balaban J connectivity index is 0. The quantitative estimate of drug-likeness (QED) is 0.429. The first-order chi connectivity index (χ1) is 8.05. The third-order valence-corrected chi connectivity index (χ3v) is 2.14. The van der Waals surface area contributed by atoms with Gasteiger partial charge in [-0.15, -0.1) is 0 Å². The fraction of sp³-hybridized carbons (Fsp3) is 1.00. The molecule has 0 unspecified atom stereocenters. The lowest BCUT2D eigenvalue weighted by atomic mass is 9.93. The Labute approximate surface area is 103 Å². The number of aliphatic hydroxyl groups excluding tert-OH is 4. The first-order valence-electron chi connectivity index (χ1n) is 5.72. The normalized spacial score (nSPS) is 11.3. The molecule has 0 rings (SSSR count). The van der Waals surface area contributed by atoms with Crippen LogP contribution >= 0.6 is 0 Å². The van der Waals surface area contributed by atoms with E-state index in [2.05, 4.69) is 0 Å². The fourth-order valence-corrected chi connectivity index (χ4v) is 0.818. The van der Waals surface area contributed by atoms with Gasteiger partial charge in [-0.2, -0.15) is 0 Å². The van der Waals surface area contributed by atoms with Gasteiger partial charge in [0, 0.05) is 13.2 Å². The molecule has 0 aliphatic heterocycles. The lowest BCUT2D eigenvalue weighted by Crippen LogP contribution is -2.37. The van der Waals surface area contributed by atoms with Crippen molar-refractivity contribution in [3.05, 3.63) is 0 Å². The minimum Gasteiger partial charge on any atom is -0.396 e. The average molecular weight is 254 g/mol. The largest absolute Gasteiger partial charge is 0.396 e. The lowest BCUT2D eigenvalue weighted by Gasteiger charge is -2.23. The van der Waals surface area contributed by atoms with Gasteiger partial charge < -0.3 is 29.9 Å². The van der Waals surface area contributed by atoms with E-state index in [9.17, 15) is 0 Å². The van der Waals surface area contributed by atoms with E-state index < -0.39 is 31.8 Å². The molecule has 0 fully saturated rings. The number of ether oxygens (including phenoxy) is 2. The van der Waals surface area contributed by atoms with Gasteiger partial charge in [0.2, 0.25) is 0 Å².